The molecule has 3 amide bonds. The second kappa shape index (κ2) is 9.91. The van der Waals surface area contributed by atoms with E-state index in [-0.39, 0.29) is 36.5 Å². The van der Waals surface area contributed by atoms with Crippen molar-refractivity contribution in [2.24, 2.45) is 0 Å². The summed E-state index contributed by atoms with van der Waals surface area (Å²) < 4.78 is 13.9. The highest BCUT2D eigenvalue weighted by atomic mass is 19.1. The first-order valence-corrected chi connectivity index (χ1v) is 11.0. The molecule has 32 heavy (non-hydrogen) atoms. The van der Waals surface area contributed by atoms with Crippen LogP contribution in [0.3, 0.4) is 0 Å². The van der Waals surface area contributed by atoms with Crippen LogP contribution in [0.5, 0.6) is 0 Å². The molecule has 0 spiro atoms. The Hall–Kier alpha value is -3.26. The van der Waals surface area contributed by atoms with Gasteiger partial charge in [-0.1, -0.05) is 24.3 Å². The molecule has 2 heterocycles. The van der Waals surface area contributed by atoms with E-state index in [9.17, 15) is 18.8 Å². The molecule has 8 heteroatoms. The second-order valence-corrected chi connectivity index (χ2v) is 8.04. The summed E-state index contributed by atoms with van der Waals surface area (Å²) in [5.41, 5.74) is 1.49. The summed E-state index contributed by atoms with van der Waals surface area (Å²) in [6, 6.07) is 13.6. The van der Waals surface area contributed by atoms with Gasteiger partial charge in [0.15, 0.2) is 0 Å². The number of carbonyl (C=O) groups is 3. The average molecular weight is 439 g/mol. The van der Waals surface area contributed by atoms with E-state index in [0.29, 0.717) is 29.8 Å². The number of rotatable bonds is 8. The summed E-state index contributed by atoms with van der Waals surface area (Å²) >= 11 is 0. The smallest absolute Gasteiger partial charge is 0.261 e. The van der Waals surface area contributed by atoms with Gasteiger partial charge in [0, 0.05) is 52.2 Å². The van der Waals surface area contributed by atoms with E-state index in [1.54, 1.807) is 36.4 Å². The number of nitrogens with zero attached hydrogens (tertiary/aromatic N) is 3. The van der Waals surface area contributed by atoms with Crippen molar-refractivity contribution in [2.75, 3.05) is 50.7 Å². The van der Waals surface area contributed by atoms with E-state index in [1.165, 1.54) is 11.0 Å². The lowest BCUT2D eigenvalue weighted by molar-refractivity contribution is -0.121. The molecule has 168 valence electrons. The molecular weight excluding hydrogens is 411 g/mol. The van der Waals surface area contributed by atoms with Crippen LogP contribution in [0.1, 0.15) is 33.6 Å². The fourth-order valence-corrected chi connectivity index (χ4v) is 4.20. The Morgan fingerprint density at radius 2 is 1.50 bits per heavy atom. The Balaban J connectivity index is 1.12. The van der Waals surface area contributed by atoms with E-state index >= 15 is 0 Å². The first-order chi connectivity index (χ1) is 15.5. The number of imide groups is 1. The largest absolute Gasteiger partial charge is 0.367 e. The fourth-order valence-electron chi connectivity index (χ4n) is 4.20. The van der Waals surface area contributed by atoms with E-state index in [0.717, 1.165) is 32.7 Å². The zero-order chi connectivity index (χ0) is 22.5. The Bertz CT molecular complexity index is 969. The van der Waals surface area contributed by atoms with Gasteiger partial charge in [-0.15, -0.1) is 0 Å². The number of para-hydroxylation sites is 1. The van der Waals surface area contributed by atoms with Crippen LogP contribution in [0.25, 0.3) is 0 Å². The Kier molecular flexibility index (Phi) is 6.80. The monoisotopic (exact) mass is 438 g/mol. The Morgan fingerprint density at radius 3 is 2.16 bits per heavy atom. The minimum absolute atomic E-state index is 0.0911. The molecule has 0 aromatic heterocycles. The molecule has 4 rings (SSSR count). The van der Waals surface area contributed by atoms with Crippen molar-refractivity contribution in [1.29, 1.82) is 0 Å². The van der Waals surface area contributed by atoms with Crippen molar-refractivity contribution >= 4 is 23.4 Å². The topological polar surface area (TPSA) is 73.0 Å². The molecule has 2 aliphatic heterocycles. The average Bonchev–Trinajstić information content (AvgIpc) is 3.05. The van der Waals surface area contributed by atoms with Crippen molar-refractivity contribution < 1.29 is 18.8 Å². The highest BCUT2D eigenvalue weighted by molar-refractivity contribution is 6.21. The van der Waals surface area contributed by atoms with Gasteiger partial charge in [-0.2, -0.15) is 0 Å². The van der Waals surface area contributed by atoms with Gasteiger partial charge < -0.3 is 10.2 Å². The fraction of sp³-hybridized carbons (Fsp3) is 0.375. The number of fused-ring (bicyclic) bond motifs is 1. The molecule has 7 nitrogen and oxygen atoms in total. The van der Waals surface area contributed by atoms with Crippen LogP contribution in [0.4, 0.5) is 10.1 Å². The number of hydrogen-bond acceptors (Lipinski definition) is 5. The quantitative estimate of drug-likeness (QED) is 0.640. The van der Waals surface area contributed by atoms with Crippen LogP contribution >= 0.6 is 0 Å². The minimum Gasteiger partial charge on any atom is -0.367 e. The van der Waals surface area contributed by atoms with Gasteiger partial charge in [-0.3, -0.25) is 24.2 Å². The van der Waals surface area contributed by atoms with Gasteiger partial charge in [0.25, 0.3) is 11.8 Å². The molecule has 2 aliphatic rings. The van der Waals surface area contributed by atoms with Gasteiger partial charge in [0.05, 0.1) is 16.8 Å². The zero-order valence-corrected chi connectivity index (χ0v) is 17.9. The van der Waals surface area contributed by atoms with Crippen LogP contribution in [0.15, 0.2) is 48.5 Å². The summed E-state index contributed by atoms with van der Waals surface area (Å²) in [5.74, 6) is -0.873. The standard InChI is InChI=1S/C24H27FN4O3/c25-20-8-3-4-9-21(20)28-16-14-27(15-17-28)13-11-26-22(30)10-5-12-29-23(31)18-6-1-2-7-19(18)24(29)32/h1-4,6-9H,5,10-17H2,(H,26,30). The molecule has 0 bridgehead atoms. The third-order valence-corrected chi connectivity index (χ3v) is 5.98. The van der Waals surface area contributed by atoms with Crippen LogP contribution in [0, 0.1) is 5.82 Å². The van der Waals surface area contributed by atoms with Crippen molar-refractivity contribution in [3.63, 3.8) is 0 Å². The Morgan fingerprint density at radius 1 is 0.875 bits per heavy atom. The van der Waals surface area contributed by atoms with Gasteiger partial charge in [0.1, 0.15) is 5.82 Å². The third kappa shape index (κ3) is 4.80. The molecule has 0 unspecified atom stereocenters. The minimum atomic E-state index is -0.291. The van der Waals surface area contributed by atoms with Crippen molar-refractivity contribution in [2.45, 2.75) is 12.8 Å². The van der Waals surface area contributed by atoms with Gasteiger partial charge in [-0.05, 0) is 30.7 Å². The number of carbonyl (C=O) groups excluding carboxylic acids is 3. The lowest BCUT2D eigenvalue weighted by atomic mass is 10.1. The molecule has 0 aliphatic carbocycles. The van der Waals surface area contributed by atoms with Crippen LogP contribution in [-0.2, 0) is 4.79 Å². The highest BCUT2D eigenvalue weighted by Gasteiger charge is 2.34. The maximum atomic E-state index is 13.9. The van der Waals surface area contributed by atoms with Gasteiger partial charge >= 0.3 is 0 Å². The SMILES string of the molecule is O=C(CCCN1C(=O)c2ccccc2C1=O)NCCN1CCN(c2ccccc2F)CC1. The van der Waals surface area contributed by atoms with Crippen LogP contribution < -0.4 is 10.2 Å². The number of nitrogens with one attached hydrogen (secondary N) is 1. The number of hydrogen-bond donors (Lipinski definition) is 1. The first-order valence-electron chi connectivity index (χ1n) is 11.0. The maximum Gasteiger partial charge on any atom is 0.261 e. The van der Waals surface area contributed by atoms with E-state index in [4.69, 9.17) is 0 Å². The normalized spacial score (nSPS) is 16.4. The number of halogens is 1. The molecular formula is C24H27FN4O3. The van der Waals surface area contributed by atoms with E-state index < -0.39 is 0 Å². The Labute approximate surface area is 186 Å². The molecule has 1 saturated heterocycles. The summed E-state index contributed by atoms with van der Waals surface area (Å²) in [6.45, 7) is 4.61. The predicted molar refractivity (Wildman–Crippen MR) is 119 cm³/mol. The molecule has 0 atom stereocenters. The molecule has 0 radical (unpaired) electrons. The van der Waals surface area contributed by atoms with Crippen molar-refractivity contribution in [1.82, 2.24) is 15.1 Å². The van der Waals surface area contributed by atoms with Gasteiger partial charge in [-0.25, -0.2) is 4.39 Å². The van der Waals surface area contributed by atoms with E-state index in [1.807, 2.05) is 11.0 Å². The summed E-state index contributed by atoms with van der Waals surface area (Å²) in [7, 11) is 0. The summed E-state index contributed by atoms with van der Waals surface area (Å²) in [4.78, 5) is 42.3. The molecule has 1 N–H and O–H groups in total. The lowest BCUT2D eigenvalue weighted by Crippen LogP contribution is -2.48. The summed E-state index contributed by atoms with van der Waals surface area (Å²) in [6.07, 6.45) is 0.688. The van der Waals surface area contributed by atoms with E-state index in [2.05, 4.69) is 10.2 Å². The zero-order valence-electron chi connectivity index (χ0n) is 17.9. The molecule has 1 fully saturated rings. The number of piperazine rings is 1. The van der Waals surface area contributed by atoms with Crippen molar-refractivity contribution in [3.05, 3.63) is 65.5 Å². The van der Waals surface area contributed by atoms with Gasteiger partial charge in [0.2, 0.25) is 5.91 Å². The third-order valence-electron chi connectivity index (χ3n) is 5.98. The summed E-state index contributed by atoms with van der Waals surface area (Å²) in [5, 5.41) is 2.90. The second-order valence-electron chi connectivity index (χ2n) is 8.04. The number of anilines is 1. The van der Waals surface area contributed by atoms with Crippen molar-refractivity contribution in [3.8, 4) is 0 Å². The lowest BCUT2D eigenvalue weighted by Gasteiger charge is -2.36. The first kappa shape index (κ1) is 22.0. The molecule has 2 aromatic rings. The van der Waals surface area contributed by atoms with Crippen LogP contribution in [0.2, 0.25) is 0 Å². The highest BCUT2D eigenvalue weighted by Crippen LogP contribution is 2.23. The molecule has 2 aromatic carbocycles. The predicted octanol–water partition coefficient (Wildman–Crippen LogP) is 2.14. The molecule has 0 saturated carbocycles. The van der Waals surface area contributed by atoms with Crippen LogP contribution in [-0.4, -0.2) is 73.3 Å². The number of benzene rings is 2. The number of amides is 3. The maximum absolute atomic E-state index is 13.9.